The number of rotatable bonds is 3. The van der Waals surface area contributed by atoms with Crippen LogP contribution >= 0.6 is 11.3 Å². The van der Waals surface area contributed by atoms with E-state index in [0.29, 0.717) is 37.5 Å². The Kier molecular flexibility index (Phi) is 4.00. The lowest BCUT2D eigenvalue weighted by Gasteiger charge is -2.28. The van der Waals surface area contributed by atoms with Crippen molar-refractivity contribution in [3.63, 3.8) is 0 Å². The van der Waals surface area contributed by atoms with Crippen molar-refractivity contribution in [3.05, 3.63) is 34.7 Å². The number of fused-ring (bicyclic) bond motifs is 1. The molecule has 2 aromatic heterocycles. The van der Waals surface area contributed by atoms with Crippen LogP contribution in [0, 0.1) is 0 Å². The molecular formula is C16H16N4O4S. The van der Waals surface area contributed by atoms with E-state index in [2.05, 4.69) is 15.6 Å². The SMILES string of the molecule is O=C1CCC(C(=O)N2CCc3nc(NC(=O)c4ccco4)sc3C2)N1. The van der Waals surface area contributed by atoms with Crippen LogP contribution in [0.25, 0.3) is 0 Å². The first-order chi connectivity index (χ1) is 12.1. The van der Waals surface area contributed by atoms with Gasteiger partial charge < -0.3 is 14.6 Å². The van der Waals surface area contributed by atoms with Crippen LogP contribution in [0.15, 0.2) is 22.8 Å². The molecule has 0 spiro atoms. The summed E-state index contributed by atoms with van der Waals surface area (Å²) >= 11 is 1.36. The van der Waals surface area contributed by atoms with E-state index < -0.39 is 6.04 Å². The molecular weight excluding hydrogens is 344 g/mol. The Morgan fingerprint density at radius 1 is 1.40 bits per heavy atom. The summed E-state index contributed by atoms with van der Waals surface area (Å²) in [4.78, 5) is 43.0. The molecule has 2 aromatic rings. The lowest BCUT2D eigenvalue weighted by Crippen LogP contribution is -2.46. The number of carbonyl (C=O) groups is 3. The highest BCUT2D eigenvalue weighted by molar-refractivity contribution is 7.15. The van der Waals surface area contributed by atoms with Gasteiger partial charge in [0.05, 0.1) is 18.5 Å². The average Bonchev–Trinajstić information content (AvgIpc) is 3.33. The van der Waals surface area contributed by atoms with Crippen LogP contribution in [0.1, 0.15) is 34.0 Å². The predicted molar refractivity (Wildman–Crippen MR) is 89.1 cm³/mol. The van der Waals surface area contributed by atoms with Gasteiger partial charge in [-0.05, 0) is 18.6 Å². The summed E-state index contributed by atoms with van der Waals surface area (Å²) < 4.78 is 5.06. The molecule has 0 saturated carbocycles. The number of amides is 3. The van der Waals surface area contributed by atoms with Crippen molar-refractivity contribution in [2.45, 2.75) is 31.8 Å². The van der Waals surface area contributed by atoms with Gasteiger partial charge >= 0.3 is 0 Å². The van der Waals surface area contributed by atoms with Crippen LogP contribution in [-0.2, 0) is 22.6 Å². The molecule has 1 atom stereocenters. The Hall–Kier alpha value is -2.68. The van der Waals surface area contributed by atoms with Gasteiger partial charge in [-0.2, -0.15) is 0 Å². The van der Waals surface area contributed by atoms with Gasteiger partial charge in [-0.25, -0.2) is 4.98 Å². The highest BCUT2D eigenvalue weighted by Crippen LogP contribution is 2.29. The van der Waals surface area contributed by atoms with Crippen molar-refractivity contribution in [3.8, 4) is 0 Å². The number of hydrogen-bond donors (Lipinski definition) is 2. The molecule has 3 amide bonds. The van der Waals surface area contributed by atoms with Gasteiger partial charge in [-0.1, -0.05) is 11.3 Å². The smallest absolute Gasteiger partial charge is 0.293 e. The second-order valence-electron chi connectivity index (χ2n) is 5.99. The second-order valence-corrected chi connectivity index (χ2v) is 7.07. The van der Waals surface area contributed by atoms with E-state index in [4.69, 9.17) is 4.42 Å². The Morgan fingerprint density at radius 3 is 3.00 bits per heavy atom. The van der Waals surface area contributed by atoms with Gasteiger partial charge in [0.1, 0.15) is 6.04 Å². The van der Waals surface area contributed by atoms with E-state index in [1.54, 1.807) is 17.0 Å². The summed E-state index contributed by atoms with van der Waals surface area (Å²) in [6.07, 6.45) is 3.02. The minimum atomic E-state index is -0.417. The summed E-state index contributed by atoms with van der Waals surface area (Å²) in [5, 5.41) is 5.93. The van der Waals surface area contributed by atoms with Crippen LogP contribution in [-0.4, -0.2) is 40.2 Å². The van der Waals surface area contributed by atoms with Crippen molar-refractivity contribution < 1.29 is 18.8 Å². The predicted octanol–water partition coefficient (Wildman–Crippen LogP) is 1.15. The van der Waals surface area contributed by atoms with E-state index in [0.717, 1.165) is 10.6 Å². The van der Waals surface area contributed by atoms with Crippen LogP contribution < -0.4 is 10.6 Å². The van der Waals surface area contributed by atoms with Crippen LogP contribution in [0.4, 0.5) is 5.13 Å². The third kappa shape index (κ3) is 3.14. The number of nitrogens with zero attached hydrogens (tertiary/aromatic N) is 2. The lowest BCUT2D eigenvalue weighted by atomic mass is 10.1. The Labute approximate surface area is 147 Å². The summed E-state index contributed by atoms with van der Waals surface area (Å²) in [7, 11) is 0. The van der Waals surface area contributed by atoms with E-state index in [1.807, 2.05) is 0 Å². The maximum absolute atomic E-state index is 12.5. The largest absolute Gasteiger partial charge is 0.459 e. The molecule has 0 aliphatic carbocycles. The zero-order chi connectivity index (χ0) is 17.4. The number of hydrogen-bond acceptors (Lipinski definition) is 6. The minimum absolute atomic E-state index is 0.0499. The molecule has 4 rings (SSSR count). The van der Waals surface area contributed by atoms with Gasteiger partial charge in [0.15, 0.2) is 10.9 Å². The van der Waals surface area contributed by atoms with Crippen molar-refractivity contribution in [2.24, 2.45) is 0 Å². The highest BCUT2D eigenvalue weighted by atomic mass is 32.1. The maximum atomic E-state index is 12.5. The molecule has 2 aliphatic heterocycles. The van der Waals surface area contributed by atoms with Crippen LogP contribution in [0.2, 0.25) is 0 Å². The fraction of sp³-hybridized carbons (Fsp3) is 0.375. The normalized spacial score (nSPS) is 19.4. The molecule has 1 fully saturated rings. The Bertz CT molecular complexity index is 829. The van der Waals surface area contributed by atoms with E-state index in [1.165, 1.54) is 17.6 Å². The topological polar surface area (TPSA) is 105 Å². The number of nitrogens with one attached hydrogen (secondary N) is 2. The maximum Gasteiger partial charge on any atom is 0.293 e. The molecule has 0 radical (unpaired) electrons. The fourth-order valence-corrected chi connectivity index (χ4v) is 4.04. The Balaban J connectivity index is 1.43. The number of thiazole rings is 1. The molecule has 4 heterocycles. The molecule has 2 N–H and O–H groups in total. The molecule has 0 aromatic carbocycles. The quantitative estimate of drug-likeness (QED) is 0.854. The van der Waals surface area contributed by atoms with Crippen molar-refractivity contribution in [1.82, 2.24) is 15.2 Å². The molecule has 25 heavy (non-hydrogen) atoms. The van der Waals surface area contributed by atoms with E-state index in [-0.39, 0.29) is 23.5 Å². The number of furan rings is 1. The second kappa shape index (κ2) is 6.32. The molecule has 0 bridgehead atoms. The first-order valence-corrected chi connectivity index (χ1v) is 8.83. The van der Waals surface area contributed by atoms with Crippen LogP contribution in [0.5, 0.6) is 0 Å². The summed E-state index contributed by atoms with van der Waals surface area (Å²) in [5.74, 6) is -0.248. The third-order valence-electron chi connectivity index (χ3n) is 4.30. The number of carbonyl (C=O) groups excluding carboxylic acids is 3. The minimum Gasteiger partial charge on any atom is -0.459 e. The van der Waals surface area contributed by atoms with E-state index in [9.17, 15) is 14.4 Å². The molecule has 1 saturated heterocycles. The van der Waals surface area contributed by atoms with Gasteiger partial charge in [0.2, 0.25) is 11.8 Å². The van der Waals surface area contributed by atoms with Crippen molar-refractivity contribution >= 4 is 34.2 Å². The highest BCUT2D eigenvalue weighted by Gasteiger charge is 2.33. The van der Waals surface area contributed by atoms with Gasteiger partial charge in [-0.3, -0.25) is 19.7 Å². The number of anilines is 1. The Morgan fingerprint density at radius 2 is 2.28 bits per heavy atom. The molecule has 130 valence electrons. The lowest BCUT2D eigenvalue weighted by molar-refractivity contribution is -0.135. The zero-order valence-corrected chi connectivity index (χ0v) is 14.1. The molecule has 9 heteroatoms. The average molecular weight is 360 g/mol. The first-order valence-electron chi connectivity index (χ1n) is 8.02. The monoisotopic (exact) mass is 360 g/mol. The summed E-state index contributed by atoms with van der Waals surface area (Å²) in [6.45, 7) is 1.02. The van der Waals surface area contributed by atoms with Gasteiger partial charge in [0.25, 0.3) is 5.91 Å². The number of aromatic nitrogens is 1. The first kappa shape index (κ1) is 15.8. The van der Waals surface area contributed by atoms with Gasteiger partial charge in [0, 0.05) is 24.3 Å². The standard InChI is InChI=1S/C16H16N4O4S/c21-13-4-3-10(17-13)15(23)20-6-5-9-12(8-20)25-16(18-9)19-14(22)11-2-1-7-24-11/h1-2,7,10H,3-6,8H2,(H,17,21)(H,18,19,22). The zero-order valence-electron chi connectivity index (χ0n) is 13.3. The summed E-state index contributed by atoms with van der Waals surface area (Å²) in [6, 6.07) is 2.81. The summed E-state index contributed by atoms with van der Waals surface area (Å²) in [5.41, 5.74) is 0.902. The van der Waals surface area contributed by atoms with Crippen molar-refractivity contribution in [2.75, 3.05) is 11.9 Å². The molecule has 2 aliphatic rings. The van der Waals surface area contributed by atoms with E-state index >= 15 is 0 Å². The van der Waals surface area contributed by atoms with Gasteiger partial charge in [-0.15, -0.1) is 0 Å². The van der Waals surface area contributed by atoms with Crippen LogP contribution in [0.3, 0.4) is 0 Å². The van der Waals surface area contributed by atoms with Crippen molar-refractivity contribution in [1.29, 1.82) is 0 Å². The molecule has 8 nitrogen and oxygen atoms in total. The third-order valence-corrected chi connectivity index (χ3v) is 5.30. The fourth-order valence-electron chi connectivity index (χ4n) is 3.02. The molecule has 1 unspecified atom stereocenters.